The van der Waals surface area contributed by atoms with E-state index in [4.69, 9.17) is 16.1 Å². The zero-order valence-corrected chi connectivity index (χ0v) is 9.85. The summed E-state index contributed by atoms with van der Waals surface area (Å²) in [5.41, 5.74) is 1.07. The molecule has 0 N–H and O–H groups in total. The second kappa shape index (κ2) is 4.33. The van der Waals surface area contributed by atoms with Gasteiger partial charge < -0.3 is 4.52 Å². The van der Waals surface area contributed by atoms with Gasteiger partial charge in [-0.15, -0.1) is 0 Å². The standard InChI is InChI=1S/C10H6BrClFNO/c11-5-6-4-9(14-15-6)7-2-1-3-8(13)10(7)12/h1-4H,5H2. The molecule has 0 spiro atoms. The van der Waals surface area contributed by atoms with Crippen LogP contribution in [0.15, 0.2) is 28.8 Å². The fourth-order valence-electron chi connectivity index (χ4n) is 1.20. The fraction of sp³-hybridized carbons (Fsp3) is 0.100. The number of halogens is 3. The zero-order valence-electron chi connectivity index (χ0n) is 7.51. The summed E-state index contributed by atoms with van der Waals surface area (Å²) in [4.78, 5) is 0. The molecule has 0 amide bonds. The second-order valence-electron chi connectivity index (χ2n) is 2.91. The summed E-state index contributed by atoms with van der Waals surface area (Å²) in [6.07, 6.45) is 0. The highest BCUT2D eigenvalue weighted by molar-refractivity contribution is 9.08. The summed E-state index contributed by atoms with van der Waals surface area (Å²) in [6.45, 7) is 0. The number of benzene rings is 1. The fourth-order valence-corrected chi connectivity index (χ4v) is 1.69. The predicted molar refractivity (Wildman–Crippen MR) is 59.5 cm³/mol. The average molecular weight is 291 g/mol. The van der Waals surface area contributed by atoms with Crippen LogP contribution in [0.5, 0.6) is 0 Å². The van der Waals surface area contributed by atoms with E-state index in [9.17, 15) is 4.39 Å². The van der Waals surface area contributed by atoms with Crippen LogP contribution in [0.4, 0.5) is 4.39 Å². The van der Waals surface area contributed by atoms with Gasteiger partial charge in [0.2, 0.25) is 0 Å². The van der Waals surface area contributed by atoms with Gasteiger partial charge in [-0.3, -0.25) is 0 Å². The number of nitrogens with zero attached hydrogens (tertiary/aromatic N) is 1. The Morgan fingerprint density at radius 2 is 2.27 bits per heavy atom. The molecule has 0 saturated carbocycles. The van der Waals surface area contributed by atoms with Crippen LogP contribution < -0.4 is 0 Å². The minimum absolute atomic E-state index is 0.0620. The molecule has 0 aliphatic rings. The van der Waals surface area contributed by atoms with Crippen molar-refractivity contribution in [2.45, 2.75) is 5.33 Å². The Labute approximate surface area is 99.2 Å². The minimum Gasteiger partial charge on any atom is -0.360 e. The van der Waals surface area contributed by atoms with E-state index < -0.39 is 5.82 Å². The third-order valence-corrected chi connectivity index (χ3v) is 2.86. The first-order valence-electron chi connectivity index (χ1n) is 4.18. The van der Waals surface area contributed by atoms with Crippen LogP contribution >= 0.6 is 27.5 Å². The first-order valence-corrected chi connectivity index (χ1v) is 5.68. The van der Waals surface area contributed by atoms with Crippen LogP contribution in [0.3, 0.4) is 0 Å². The van der Waals surface area contributed by atoms with E-state index in [0.29, 0.717) is 22.3 Å². The maximum Gasteiger partial charge on any atom is 0.147 e. The second-order valence-corrected chi connectivity index (χ2v) is 3.85. The highest BCUT2D eigenvalue weighted by atomic mass is 79.9. The van der Waals surface area contributed by atoms with Gasteiger partial charge in [0.15, 0.2) is 0 Å². The average Bonchev–Trinajstić information content (AvgIpc) is 2.70. The Kier molecular flexibility index (Phi) is 3.07. The van der Waals surface area contributed by atoms with Gasteiger partial charge in [0, 0.05) is 11.6 Å². The van der Waals surface area contributed by atoms with Crippen molar-refractivity contribution in [3.8, 4) is 11.3 Å². The van der Waals surface area contributed by atoms with Gasteiger partial charge in [0.25, 0.3) is 0 Å². The van der Waals surface area contributed by atoms with E-state index in [1.807, 2.05) is 0 Å². The normalized spacial score (nSPS) is 10.6. The first kappa shape index (κ1) is 10.6. The lowest BCUT2D eigenvalue weighted by molar-refractivity contribution is 0.398. The maximum atomic E-state index is 13.2. The predicted octanol–water partition coefficient (Wildman–Crippen LogP) is 4.03. The Balaban J connectivity index is 2.49. The van der Waals surface area contributed by atoms with E-state index in [0.717, 1.165) is 0 Å². The molecule has 0 radical (unpaired) electrons. The lowest BCUT2D eigenvalue weighted by atomic mass is 10.1. The van der Waals surface area contributed by atoms with Gasteiger partial charge in [0.05, 0.1) is 10.4 Å². The summed E-state index contributed by atoms with van der Waals surface area (Å²) >= 11 is 9.05. The molecular weight excluding hydrogens is 284 g/mol. The summed E-state index contributed by atoms with van der Waals surface area (Å²) < 4.78 is 18.1. The topological polar surface area (TPSA) is 26.0 Å². The van der Waals surface area contributed by atoms with Crippen molar-refractivity contribution in [3.63, 3.8) is 0 Å². The van der Waals surface area contributed by atoms with E-state index in [-0.39, 0.29) is 5.02 Å². The molecule has 0 aliphatic carbocycles. The SMILES string of the molecule is Fc1cccc(-c2cc(CBr)on2)c1Cl. The van der Waals surface area contributed by atoms with Crippen LogP contribution in [0.1, 0.15) is 5.76 Å². The van der Waals surface area contributed by atoms with Gasteiger partial charge in [-0.1, -0.05) is 44.8 Å². The Bertz CT molecular complexity index is 486. The number of aromatic nitrogens is 1. The molecule has 1 aromatic heterocycles. The van der Waals surface area contributed by atoms with Crippen LogP contribution in [0.25, 0.3) is 11.3 Å². The smallest absolute Gasteiger partial charge is 0.147 e. The molecule has 15 heavy (non-hydrogen) atoms. The highest BCUT2D eigenvalue weighted by Gasteiger charge is 2.11. The van der Waals surface area contributed by atoms with E-state index in [1.54, 1.807) is 18.2 Å². The van der Waals surface area contributed by atoms with Gasteiger partial charge >= 0.3 is 0 Å². The third-order valence-electron chi connectivity index (χ3n) is 1.92. The summed E-state index contributed by atoms with van der Waals surface area (Å²) in [6, 6.07) is 6.30. The van der Waals surface area contributed by atoms with Crippen molar-refractivity contribution in [1.29, 1.82) is 0 Å². The molecular formula is C10H6BrClFNO. The molecule has 0 aliphatic heterocycles. The van der Waals surface area contributed by atoms with E-state index in [1.165, 1.54) is 6.07 Å². The van der Waals surface area contributed by atoms with Crippen LogP contribution in [0, 0.1) is 5.82 Å². The van der Waals surface area contributed by atoms with Crippen molar-refractivity contribution in [2.75, 3.05) is 0 Å². The zero-order chi connectivity index (χ0) is 10.8. The van der Waals surface area contributed by atoms with Crippen LogP contribution in [-0.2, 0) is 5.33 Å². The largest absolute Gasteiger partial charge is 0.360 e. The maximum absolute atomic E-state index is 13.2. The molecule has 0 bridgehead atoms. The molecule has 0 saturated heterocycles. The van der Waals surface area contributed by atoms with Gasteiger partial charge in [0.1, 0.15) is 17.3 Å². The lowest BCUT2D eigenvalue weighted by Crippen LogP contribution is -1.82. The molecule has 0 fully saturated rings. The third kappa shape index (κ3) is 2.06. The molecule has 2 aromatic rings. The van der Waals surface area contributed by atoms with Gasteiger partial charge in [-0.05, 0) is 6.07 Å². The Hall–Kier alpha value is -0.870. The Morgan fingerprint density at radius 3 is 2.93 bits per heavy atom. The van der Waals surface area contributed by atoms with Gasteiger partial charge in [-0.2, -0.15) is 0 Å². The van der Waals surface area contributed by atoms with E-state index in [2.05, 4.69) is 21.1 Å². The number of alkyl halides is 1. The Morgan fingerprint density at radius 1 is 1.47 bits per heavy atom. The van der Waals surface area contributed by atoms with Crippen molar-refractivity contribution >= 4 is 27.5 Å². The summed E-state index contributed by atoms with van der Waals surface area (Å²) in [7, 11) is 0. The van der Waals surface area contributed by atoms with Crippen LogP contribution in [-0.4, -0.2) is 5.16 Å². The van der Waals surface area contributed by atoms with Crippen molar-refractivity contribution in [2.24, 2.45) is 0 Å². The van der Waals surface area contributed by atoms with Crippen LogP contribution in [0.2, 0.25) is 5.02 Å². The highest BCUT2D eigenvalue weighted by Crippen LogP contribution is 2.29. The number of rotatable bonds is 2. The molecule has 2 rings (SSSR count). The number of hydrogen-bond donors (Lipinski definition) is 0. The molecule has 1 heterocycles. The van der Waals surface area contributed by atoms with Crippen molar-refractivity contribution in [3.05, 3.63) is 40.9 Å². The van der Waals surface area contributed by atoms with Gasteiger partial charge in [-0.25, -0.2) is 4.39 Å². The molecule has 0 unspecified atom stereocenters. The van der Waals surface area contributed by atoms with E-state index >= 15 is 0 Å². The lowest BCUT2D eigenvalue weighted by Gasteiger charge is -1.99. The molecule has 5 heteroatoms. The quantitative estimate of drug-likeness (QED) is 0.781. The molecule has 2 nitrogen and oxygen atoms in total. The monoisotopic (exact) mass is 289 g/mol. The molecule has 78 valence electrons. The first-order chi connectivity index (χ1) is 7.22. The number of hydrogen-bond acceptors (Lipinski definition) is 2. The molecule has 1 aromatic carbocycles. The minimum atomic E-state index is -0.461. The molecule has 0 atom stereocenters. The summed E-state index contributed by atoms with van der Waals surface area (Å²) in [5, 5.41) is 4.43. The van der Waals surface area contributed by atoms with Crippen molar-refractivity contribution in [1.82, 2.24) is 5.16 Å². The summed E-state index contributed by atoms with van der Waals surface area (Å²) in [5.74, 6) is 0.211. The van der Waals surface area contributed by atoms with Crippen molar-refractivity contribution < 1.29 is 8.91 Å².